The minimum Gasteiger partial charge on any atom is -0.313 e. The third kappa shape index (κ3) is 3.10. The van der Waals surface area contributed by atoms with Gasteiger partial charge in [-0.3, -0.25) is 0 Å². The molecule has 1 nitrogen and oxygen atoms in total. The Labute approximate surface area is 106 Å². The molecule has 0 amide bonds. The summed E-state index contributed by atoms with van der Waals surface area (Å²) in [6.07, 6.45) is 5.27. The van der Waals surface area contributed by atoms with Crippen molar-refractivity contribution in [3.05, 3.63) is 35.4 Å². The van der Waals surface area contributed by atoms with Crippen LogP contribution < -0.4 is 5.32 Å². The number of rotatable bonds is 6. The molecule has 0 spiro atoms. The van der Waals surface area contributed by atoms with E-state index in [1.807, 2.05) is 0 Å². The number of nitrogens with one attached hydrogen (secondary N) is 1. The molecule has 1 heteroatoms. The molecule has 94 valence electrons. The van der Waals surface area contributed by atoms with Crippen LogP contribution in [0.5, 0.6) is 0 Å². The zero-order valence-corrected chi connectivity index (χ0v) is 11.4. The van der Waals surface area contributed by atoms with Crippen LogP contribution >= 0.6 is 0 Å². The molecule has 2 unspecified atom stereocenters. The fraction of sp³-hybridized carbons (Fsp3) is 0.625. The summed E-state index contributed by atoms with van der Waals surface area (Å²) in [5.74, 6) is 1.71. The van der Waals surface area contributed by atoms with Gasteiger partial charge in [-0.05, 0) is 49.3 Å². The number of hydrogen-bond donors (Lipinski definition) is 1. The molecule has 2 rings (SSSR count). The van der Waals surface area contributed by atoms with Gasteiger partial charge in [0, 0.05) is 6.04 Å². The summed E-state index contributed by atoms with van der Waals surface area (Å²) in [4.78, 5) is 0. The Kier molecular flexibility index (Phi) is 4.22. The van der Waals surface area contributed by atoms with E-state index < -0.39 is 0 Å². The summed E-state index contributed by atoms with van der Waals surface area (Å²) in [6, 6.07) is 9.74. The highest BCUT2D eigenvalue weighted by atomic mass is 14.9. The summed E-state index contributed by atoms with van der Waals surface area (Å²) in [6.45, 7) is 4.62. The van der Waals surface area contributed by atoms with Crippen molar-refractivity contribution in [1.82, 2.24) is 5.32 Å². The molecular weight excluding hydrogens is 206 g/mol. The van der Waals surface area contributed by atoms with Crippen molar-refractivity contribution in [2.75, 3.05) is 7.05 Å². The standard InChI is InChI=1S/C16H25N/c1-4-5-13-6-8-15(9-7-13)16(17-3)12(2)14-10-11-14/h6-9,12,14,16-17H,4-5,10-11H2,1-3H3. The fourth-order valence-corrected chi connectivity index (χ4v) is 2.81. The Bertz CT molecular complexity index is 337. The molecule has 1 N–H and O–H groups in total. The molecular formula is C16H25N. The van der Waals surface area contributed by atoms with E-state index in [1.165, 1.54) is 36.8 Å². The van der Waals surface area contributed by atoms with Crippen molar-refractivity contribution in [2.24, 2.45) is 11.8 Å². The monoisotopic (exact) mass is 231 g/mol. The maximum absolute atomic E-state index is 3.49. The topological polar surface area (TPSA) is 12.0 Å². The van der Waals surface area contributed by atoms with Gasteiger partial charge in [0.1, 0.15) is 0 Å². The van der Waals surface area contributed by atoms with Gasteiger partial charge in [-0.15, -0.1) is 0 Å². The first-order chi connectivity index (χ1) is 8.26. The predicted octanol–water partition coefficient (Wildman–Crippen LogP) is 3.95. The van der Waals surface area contributed by atoms with Crippen LogP contribution in [0.2, 0.25) is 0 Å². The van der Waals surface area contributed by atoms with Gasteiger partial charge in [-0.1, -0.05) is 44.5 Å². The summed E-state index contributed by atoms with van der Waals surface area (Å²) in [7, 11) is 2.09. The SMILES string of the molecule is CCCc1ccc(C(NC)C(C)C2CC2)cc1. The smallest absolute Gasteiger partial charge is 0.0346 e. The number of benzene rings is 1. The predicted molar refractivity (Wildman–Crippen MR) is 74.1 cm³/mol. The van der Waals surface area contributed by atoms with Crippen LogP contribution in [0.1, 0.15) is 50.3 Å². The number of hydrogen-bond acceptors (Lipinski definition) is 1. The molecule has 1 aliphatic rings. The Morgan fingerprint density at radius 2 is 1.88 bits per heavy atom. The quantitative estimate of drug-likeness (QED) is 0.782. The summed E-state index contributed by atoms with van der Waals surface area (Å²) in [5, 5.41) is 3.49. The highest BCUT2D eigenvalue weighted by Crippen LogP contribution is 2.42. The van der Waals surface area contributed by atoms with Gasteiger partial charge in [-0.25, -0.2) is 0 Å². The summed E-state index contributed by atoms with van der Waals surface area (Å²) >= 11 is 0. The average molecular weight is 231 g/mol. The van der Waals surface area contributed by atoms with Gasteiger partial charge >= 0.3 is 0 Å². The minimum atomic E-state index is 0.526. The van der Waals surface area contributed by atoms with Gasteiger partial charge in [0.05, 0.1) is 0 Å². The molecule has 0 heterocycles. The second-order valence-corrected chi connectivity index (χ2v) is 5.45. The summed E-state index contributed by atoms with van der Waals surface area (Å²) < 4.78 is 0. The van der Waals surface area contributed by atoms with E-state index in [-0.39, 0.29) is 0 Å². The Balaban J connectivity index is 2.07. The molecule has 1 fully saturated rings. The second kappa shape index (κ2) is 5.68. The lowest BCUT2D eigenvalue weighted by Crippen LogP contribution is -2.24. The zero-order valence-electron chi connectivity index (χ0n) is 11.4. The maximum Gasteiger partial charge on any atom is 0.0346 e. The highest BCUT2D eigenvalue weighted by molar-refractivity contribution is 5.26. The molecule has 0 aliphatic heterocycles. The molecule has 17 heavy (non-hydrogen) atoms. The lowest BCUT2D eigenvalue weighted by atomic mass is 9.90. The van der Waals surface area contributed by atoms with Crippen LogP contribution in [0.4, 0.5) is 0 Å². The van der Waals surface area contributed by atoms with Gasteiger partial charge in [0.15, 0.2) is 0 Å². The van der Waals surface area contributed by atoms with Gasteiger partial charge < -0.3 is 5.32 Å². The lowest BCUT2D eigenvalue weighted by Gasteiger charge is -2.24. The van der Waals surface area contributed by atoms with E-state index in [0.29, 0.717) is 6.04 Å². The fourth-order valence-electron chi connectivity index (χ4n) is 2.81. The van der Waals surface area contributed by atoms with E-state index in [4.69, 9.17) is 0 Å². The van der Waals surface area contributed by atoms with Crippen molar-refractivity contribution in [3.8, 4) is 0 Å². The first-order valence-corrected chi connectivity index (χ1v) is 7.02. The lowest BCUT2D eigenvalue weighted by molar-refractivity contribution is 0.369. The highest BCUT2D eigenvalue weighted by Gasteiger charge is 2.33. The molecule has 2 atom stereocenters. The molecule has 1 saturated carbocycles. The van der Waals surface area contributed by atoms with Crippen molar-refractivity contribution in [2.45, 2.75) is 45.6 Å². The van der Waals surface area contributed by atoms with E-state index in [1.54, 1.807) is 0 Å². The second-order valence-electron chi connectivity index (χ2n) is 5.45. The molecule has 1 aliphatic carbocycles. The largest absolute Gasteiger partial charge is 0.313 e. The van der Waals surface area contributed by atoms with Crippen molar-refractivity contribution in [3.63, 3.8) is 0 Å². The minimum absolute atomic E-state index is 0.526. The van der Waals surface area contributed by atoms with E-state index >= 15 is 0 Å². The summed E-state index contributed by atoms with van der Waals surface area (Å²) in [5.41, 5.74) is 2.91. The van der Waals surface area contributed by atoms with Crippen LogP contribution in [-0.4, -0.2) is 7.05 Å². The molecule has 0 saturated heterocycles. The van der Waals surface area contributed by atoms with Crippen LogP contribution in [0.25, 0.3) is 0 Å². The Hall–Kier alpha value is -0.820. The first-order valence-electron chi connectivity index (χ1n) is 7.02. The van der Waals surface area contributed by atoms with Crippen LogP contribution in [-0.2, 0) is 6.42 Å². The maximum atomic E-state index is 3.49. The molecule has 1 aromatic carbocycles. The average Bonchev–Trinajstić information content (AvgIpc) is 3.16. The van der Waals surface area contributed by atoms with Crippen LogP contribution in [0, 0.1) is 11.8 Å². The number of aryl methyl sites for hydroxylation is 1. The van der Waals surface area contributed by atoms with E-state index in [0.717, 1.165) is 11.8 Å². The van der Waals surface area contributed by atoms with Crippen molar-refractivity contribution >= 4 is 0 Å². The third-order valence-electron chi connectivity index (χ3n) is 4.08. The van der Waals surface area contributed by atoms with Crippen LogP contribution in [0.15, 0.2) is 24.3 Å². The van der Waals surface area contributed by atoms with Gasteiger partial charge in [0.2, 0.25) is 0 Å². The first kappa shape index (κ1) is 12.6. The Morgan fingerprint density at radius 1 is 1.24 bits per heavy atom. The zero-order chi connectivity index (χ0) is 12.3. The van der Waals surface area contributed by atoms with Crippen LogP contribution in [0.3, 0.4) is 0 Å². The van der Waals surface area contributed by atoms with E-state index in [2.05, 4.69) is 50.5 Å². The van der Waals surface area contributed by atoms with Gasteiger partial charge in [-0.2, -0.15) is 0 Å². The van der Waals surface area contributed by atoms with Gasteiger partial charge in [0.25, 0.3) is 0 Å². The van der Waals surface area contributed by atoms with Crippen molar-refractivity contribution < 1.29 is 0 Å². The molecule has 1 aromatic rings. The third-order valence-corrected chi connectivity index (χ3v) is 4.08. The van der Waals surface area contributed by atoms with E-state index in [9.17, 15) is 0 Å². The van der Waals surface area contributed by atoms with Crippen molar-refractivity contribution in [1.29, 1.82) is 0 Å². The molecule has 0 bridgehead atoms. The Morgan fingerprint density at radius 3 is 2.35 bits per heavy atom. The molecule has 0 aromatic heterocycles. The normalized spacial score (nSPS) is 19.0. The molecule has 0 radical (unpaired) electrons.